The summed E-state index contributed by atoms with van der Waals surface area (Å²) in [5.74, 6) is -0.881. The van der Waals surface area contributed by atoms with E-state index in [1.165, 1.54) is 218 Å². The van der Waals surface area contributed by atoms with Crippen molar-refractivity contribution in [2.45, 2.75) is 341 Å². The Kier molecular flexibility index (Phi) is 60.2. The molecule has 0 aliphatic carbocycles. The quantitative estimate of drug-likeness (QED) is 0.0261. The van der Waals surface area contributed by atoms with Crippen molar-refractivity contribution < 1.29 is 28.6 Å². The Hall–Kier alpha value is -2.89. The van der Waals surface area contributed by atoms with Gasteiger partial charge in [0.25, 0.3) is 0 Å². The van der Waals surface area contributed by atoms with Crippen LogP contribution in [-0.2, 0) is 28.6 Å². The molecule has 1 unspecified atom stereocenters. The van der Waals surface area contributed by atoms with Gasteiger partial charge in [0, 0.05) is 19.3 Å². The Labute approximate surface area is 460 Å². The first kappa shape index (κ1) is 71.1. The molecule has 0 aromatic rings. The molecular formula is C68H122O6. The molecule has 6 nitrogen and oxygen atoms in total. The lowest BCUT2D eigenvalue weighted by Gasteiger charge is -2.18. The van der Waals surface area contributed by atoms with Gasteiger partial charge in [-0.15, -0.1) is 0 Å². The summed E-state index contributed by atoms with van der Waals surface area (Å²) in [6.07, 6.45) is 79.3. The van der Waals surface area contributed by atoms with Crippen molar-refractivity contribution in [3.05, 3.63) is 60.8 Å². The number of carbonyl (C=O) groups is 3. The second-order valence-electron chi connectivity index (χ2n) is 21.7. The minimum Gasteiger partial charge on any atom is -0.462 e. The summed E-state index contributed by atoms with van der Waals surface area (Å²) >= 11 is 0. The van der Waals surface area contributed by atoms with Crippen LogP contribution >= 0.6 is 0 Å². The average molecular weight is 1040 g/mol. The molecule has 0 N–H and O–H groups in total. The van der Waals surface area contributed by atoms with E-state index in [9.17, 15) is 14.4 Å². The van der Waals surface area contributed by atoms with Crippen molar-refractivity contribution in [2.24, 2.45) is 0 Å². The Balaban J connectivity index is 4.39. The molecule has 0 aromatic heterocycles. The van der Waals surface area contributed by atoms with Gasteiger partial charge in [-0.1, -0.05) is 268 Å². The lowest BCUT2D eigenvalue weighted by Crippen LogP contribution is -2.30. The van der Waals surface area contributed by atoms with Gasteiger partial charge in [-0.25, -0.2) is 0 Å². The molecule has 0 amide bonds. The van der Waals surface area contributed by atoms with Crippen LogP contribution in [0, 0.1) is 0 Å². The van der Waals surface area contributed by atoms with Crippen LogP contribution in [0.5, 0.6) is 0 Å². The Morgan fingerprint density at radius 1 is 0.270 bits per heavy atom. The Morgan fingerprint density at radius 3 is 0.797 bits per heavy atom. The van der Waals surface area contributed by atoms with Crippen LogP contribution in [-0.4, -0.2) is 37.2 Å². The van der Waals surface area contributed by atoms with Gasteiger partial charge < -0.3 is 14.2 Å². The van der Waals surface area contributed by atoms with E-state index in [0.717, 1.165) is 77.0 Å². The number of carbonyl (C=O) groups excluding carboxylic acids is 3. The van der Waals surface area contributed by atoms with Crippen LogP contribution in [0.3, 0.4) is 0 Å². The monoisotopic (exact) mass is 1030 g/mol. The van der Waals surface area contributed by atoms with Crippen molar-refractivity contribution in [3.8, 4) is 0 Å². The molecule has 0 saturated carbocycles. The fourth-order valence-corrected chi connectivity index (χ4v) is 9.32. The first-order valence-electron chi connectivity index (χ1n) is 32.3. The van der Waals surface area contributed by atoms with E-state index in [-0.39, 0.29) is 31.1 Å². The summed E-state index contributed by atoms with van der Waals surface area (Å²) in [5, 5.41) is 0. The number of ether oxygens (including phenoxy) is 3. The molecule has 0 aliphatic heterocycles. The summed E-state index contributed by atoms with van der Waals surface area (Å²) in [5.41, 5.74) is 0. The van der Waals surface area contributed by atoms with Crippen LogP contribution in [0.2, 0.25) is 0 Å². The van der Waals surface area contributed by atoms with Gasteiger partial charge in [0.05, 0.1) is 0 Å². The molecule has 0 bridgehead atoms. The van der Waals surface area contributed by atoms with Crippen molar-refractivity contribution in [2.75, 3.05) is 13.2 Å². The lowest BCUT2D eigenvalue weighted by molar-refractivity contribution is -0.167. The third kappa shape index (κ3) is 60.0. The largest absolute Gasteiger partial charge is 0.462 e. The maximum atomic E-state index is 12.9. The van der Waals surface area contributed by atoms with Crippen molar-refractivity contribution >= 4 is 17.9 Å². The smallest absolute Gasteiger partial charge is 0.306 e. The predicted octanol–water partition coefficient (Wildman–Crippen LogP) is 21.9. The van der Waals surface area contributed by atoms with E-state index >= 15 is 0 Å². The molecule has 0 radical (unpaired) electrons. The molecule has 0 fully saturated rings. The Morgan fingerprint density at radius 2 is 0.486 bits per heavy atom. The fourth-order valence-electron chi connectivity index (χ4n) is 9.32. The molecule has 1 atom stereocenters. The van der Waals surface area contributed by atoms with Gasteiger partial charge in [-0.2, -0.15) is 0 Å². The highest BCUT2D eigenvalue weighted by atomic mass is 16.6. The summed E-state index contributed by atoms with van der Waals surface area (Å²) in [7, 11) is 0. The van der Waals surface area contributed by atoms with Gasteiger partial charge in [-0.3, -0.25) is 14.4 Å². The molecule has 74 heavy (non-hydrogen) atoms. The molecular weight excluding hydrogens is 913 g/mol. The van der Waals surface area contributed by atoms with Gasteiger partial charge in [0.1, 0.15) is 13.2 Å². The number of hydrogen-bond acceptors (Lipinski definition) is 6. The molecule has 0 aromatic carbocycles. The first-order chi connectivity index (χ1) is 36.5. The summed E-state index contributed by atoms with van der Waals surface area (Å²) < 4.78 is 16.9. The summed E-state index contributed by atoms with van der Waals surface area (Å²) in [6, 6.07) is 0. The van der Waals surface area contributed by atoms with Crippen LogP contribution < -0.4 is 0 Å². The minimum atomic E-state index is -0.784. The highest BCUT2D eigenvalue weighted by molar-refractivity contribution is 5.71. The molecule has 0 rings (SSSR count). The van der Waals surface area contributed by atoms with E-state index in [4.69, 9.17) is 14.2 Å². The van der Waals surface area contributed by atoms with Crippen molar-refractivity contribution in [1.29, 1.82) is 0 Å². The van der Waals surface area contributed by atoms with E-state index < -0.39 is 6.10 Å². The van der Waals surface area contributed by atoms with Crippen LogP contribution in [0.1, 0.15) is 335 Å². The molecule has 0 heterocycles. The highest BCUT2D eigenvalue weighted by Gasteiger charge is 2.19. The topological polar surface area (TPSA) is 78.9 Å². The zero-order chi connectivity index (χ0) is 53.6. The van der Waals surface area contributed by atoms with E-state index in [1.807, 2.05) is 0 Å². The second-order valence-corrected chi connectivity index (χ2v) is 21.7. The van der Waals surface area contributed by atoms with Gasteiger partial charge >= 0.3 is 17.9 Å². The zero-order valence-corrected chi connectivity index (χ0v) is 49.4. The molecule has 0 aliphatic rings. The van der Waals surface area contributed by atoms with Crippen LogP contribution in [0.4, 0.5) is 0 Å². The average Bonchev–Trinajstić information content (AvgIpc) is 3.40. The molecule has 0 spiro atoms. The maximum absolute atomic E-state index is 12.9. The zero-order valence-electron chi connectivity index (χ0n) is 49.4. The Bertz CT molecular complexity index is 1330. The highest BCUT2D eigenvalue weighted by Crippen LogP contribution is 2.16. The lowest BCUT2D eigenvalue weighted by atomic mass is 10.1. The van der Waals surface area contributed by atoms with Crippen molar-refractivity contribution in [1.82, 2.24) is 0 Å². The standard InChI is InChI=1S/C68H122O6/c1-4-7-10-13-16-19-22-25-28-31-34-37-40-43-46-49-52-55-58-61-67(70)73-64-65(63-72-66(69)60-57-54-51-48-45-42-39-36-33-30-27-24-21-18-15-12-9-6-3)74-68(71)62-59-56-53-50-47-44-41-38-35-32-29-26-23-20-17-14-11-8-5-2/h16,19,25-26,28-30,33-34,37,65H,4-15,17-18,20-24,27,31-32,35-36,38-64H2,1-3H3/b19-16-,28-25-,29-26-,33-30-,37-34-. The van der Waals surface area contributed by atoms with E-state index in [2.05, 4.69) is 81.5 Å². The van der Waals surface area contributed by atoms with Crippen LogP contribution in [0.15, 0.2) is 60.8 Å². The number of esters is 3. The predicted molar refractivity (Wildman–Crippen MR) is 321 cm³/mol. The van der Waals surface area contributed by atoms with E-state index in [0.29, 0.717) is 19.3 Å². The van der Waals surface area contributed by atoms with Gasteiger partial charge in [0.2, 0.25) is 0 Å². The normalized spacial score (nSPS) is 12.4. The number of allylic oxidation sites excluding steroid dienone is 10. The number of rotatable bonds is 59. The van der Waals surface area contributed by atoms with Gasteiger partial charge in [0.15, 0.2) is 6.10 Å². The van der Waals surface area contributed by atoms with E-state index in [1.54, 1.807) is 0 Å². The summed E-state index contributed by atoms with van der Waals surface area (Å²) in [6.45, 7) is 6.64. The van der Waals surface area contributed by atoms with Gasteiger partial charge in [-0.05, 0) is 109 Å². The third-order valence-corrected chi connectivity index (χ3v) is 14.2. The fraction of sp³-hybridized carbons (Fsp3) is 0.809. The maximum Gasteiger partial charge on any atom is 0.306 e. The number of hydrogen-bond donors (Lipinski definition) is 0. The van der Waals surface area contributed by atoms with Crippen molar-refractivity contribution in [3.63, 3.8) is 0 Å². The van der Waals surface area contributed by atoms with Crippen LogP contribution in [0.25, 0.3) is 0 Å². The summed E-state index contributed by atoms with van der Waals surface area (Å²) in [4.78, 5) is 38.3. The third-order valence-electron chi connectivity index (χ3n) is 14.2. The number of unbranched alkanes of at least 4 members (excludes halogenated alkanes) is 38. The molecule has 0 saturated heterocycles. The first-order valence-corrected chi connectivity index (χ1v) is 32.3. The molecule has 6 heteroatoms. The molecule has 430 valence electrons. The second kappa shape index (κ2) is 62.6. The minimum absolute atomic E-state index is 0.0798. The SMILES string of the molecule is CCCCC/C=C\C/C=C\C/C=C\CCCCCCCCC(=O)OCC(COC(=O)CCCCCCCCC/C=C\CCCCCCCCC)OC(=O)CCCCCCCCCCC/C=C\CCCCCCCC.